The molecule has 0 saturated heterocycles. The van der Waals surface area contributed by atoms with Crippen LogP contribution in [-0.4, -0.2) is 18.0 Å². The van der Waals surface area contributed by atoms with Crippen molar-refractivity contribution < 1.29 is 32.0 Å². The molecule has 0 spiro atoms. The molecule has 0 heterocycles. The van der Waals surface area contributed by atoms with E-state index in [4.69, 9.17) is 0 Å². The SMILES string of the molecule is COC(=O)C(F)c1ccc(C(F)(F)F)cc1[N+](=O)[O-]. The largest absolute Gasteiger partial charge is 0.467 e. The zero-order valence-electron chi connectivity index (χ0n) is 9.40. The van der Waals surface area contributed by atoms with Crippen LogP contribution in [-0.2, 0) is 15.7 Å². The minimum atomic E-state index is -4.81. The maximum absolute atomic E-state index is 13.5. The number of rotatable bonds is 3. The number of esters is 1. The second-order valence-electron chi connectivity index (χ2n) is 3.41. The van der Waals surface area contributed by atoms with E-state index in [9.17, 15) is 32.5 Å². The quantitative estimate of drug-likeness (QED) is 0.370. The standard InChI is InChI=1S/C10H7F4NO4/c1-19-9(16)8(11)6-3-2-5(10(12,13)14)4-7(6)15(17)18/h2-4,8H,1H3. The summed E-state index contributed by atoms with van der Waals surface area (Å²) in [5.41, 5.74) is -3.22. The van der Waals surface area contributed by atoms with Gasteiger partial charge in [0.1, 0.15) is 0 Å². The van der Waals surface area contributed by atoms with Gasteiger partial charge in [-0.2, -0.15) is 13.2 Å². The molecule has 1 aromatic carbocycles. The third kappa shape index (κ3) is 3.18. The van der Waals surface area contributed by atoms with E-state index in [1.54, 1.807) is 0 Å². The van der Waals surface area contributed by atoms with Crippen LogP contribution in [0, 0.1) is 10.1 Å². The molecule has 0 aliphatic rings. The fraction of sp³-hybridized carbons (Fsp3) is 0.300. The molecule has 1 rings (SSSR count). The van der Waals surface area contributed by atoms with Crippen molar-refractivity contribution in [3.63, 3.8) is 0 Å². The minimum Gasteiger partial charge on any atom is -0.467 e. The van der Waals surface area contributed by atoms with Crippen molar-refractivity contribution in [3.8, 4) is 0 Å². The number of hydrogen-bond acceptors (Lipinski definition) is 4. The Hall–Kier alpha value is -2.19. The molecular formula is C10H7F4NO4. The van der Waals surface area contributed by atoms with Gasteiger partial charge in [0.05, 0.1) is 23.2 Å². The molecule has 0 N–H and O–H groups in total. The van der Waals surface area contributed by atoms with Crippen molar-refractivity contribution in [2.24, 2.45) is 0 Å². The first kappa shape index (κ1) is 14.9. The lowest BCUT2D eigenvalue weighted by Crippen LogP contribution is -2.13. The van der Waals surface area contributed by atoms with Crippen LogP contribution in [0.3, 0.4) is 0 Å². The number of methoxy groups -OCH3 is 1. The fourth-order valence-corrected chi connectivity index (χ4v) is 1.32. The van der Waals surface area contributed by atoms with Gasteiger partial charge < -0.3 is 4.74 Å². The van der Waals surface area contributed by atoms with Gasteiger partial charge in [-0.25, -0.2) is 9.18 Å². The average molecular weight is 281 g/mol. The summed E-state index contributed by atoms with van der Waals surface area (Å²) >= 11 is 0. The summed E-state index contributed by atoms with van der Waals surface area (Å²) in [5.74, 6) is -1.43. The van der Waals surface area contributed by atoms with Crippen molar-refractivity contribution in [3.05, 3.63) is 39.4 Å². The summed E-state index contributed by atoms with van der Waals surface area (Å²) in [6.07, 6.45) is -7.33. The van der Waals surface area contributed by atoms with Crippen molar-refractivity contribution in [1.29, 1.82) is 0 Å². The number of alkyl halides is 4. The van der Waals surface area contributed by atoms with Gasteiger partial charge in [-0.15, -0.1) is 0 Å². The van der Waals surface area contributed by atoms with E-state index in [1.165, 1.54) is 0 Å². The van der Waals surface area contributed by atoms with Crippen molar-refractivity contribution in [2.75, 3.05) is 7.11 Å². The highest BCUT2D eigenvalue weighted by molar-refractivity contribution is 5.78. The molecule has 9 heteroatoms. The Kier molecular flexibility index (Phi) is 4.07. The van der Waals surface area contributed by atoms with E-state index < -0.39 is 40.1 Å². The molecule has 0 bridgehead atoms. The summed E-state index contributed by atoms with van der Waals surface area (Å²) < 4.78 is 54.7. The van der Waals surface area contributed by atoms with Crippen LogP contribution in [0.1, 0.15) is 17.3 Å². The van der Waals surface area contributed by atoms with Crippen LogP contribution in [0.25, 0.3) is 0 Å². The number of ether oxygens (including phenoxy) is 1. The number of benzene rings is 1. The molecule has 1 unspecified atom stereocenters. The Morgan fingerprint density at radius 3 is 2.42 bits per heavy atom. The molecule has 0 saturated carbocycles. The lowest BCUT2D eigenvalue weighted by Gasteiger charge is -2.10. The predicted molar refractivity (Wildman–Crippen MR) is 54.0 cm³/mol. The van der Waals surface area contributed by atoms with Gasteiger partial charge in [0, 0.05) is 6.07 Å². The van der Waals surface area contributed by atoms with E-state index in [1.807, 2.05) is 0 Å². The van der Waals surface area contributed by atoms with E-state index in [2.05, 4.69) is 4.74 Å². The molecule has 0 aliphatic heterocycles. The number of carbonyl (C=O) groups excluding carboxylic acids is 1. The first-order valence-electron chi connectivity index (χ1n) is 4.76. The third-order valence-electron chi connectivity index (χ3n) is 2.24. The van der Waals surface area contributed by atoms with Gasteiger partial charge in [0.2, 0.25) is 6.17 Å². The van der Waals surface area contributed by atoms with Crippen LogP contribution in [0.15, 0.2) is 18.2 Å². The highest BCUT2D eigenvalue weighted by Crippen LogP contribution is 2.36. The normalized spacial score (nSPS) is 12.9. The van der Waals surface area contributed by atoms with Gasteiger partial charge in [0.25, 0.3) is 5.69 Å². The Bertz CT molecular complexity index is 515. The van der Waals surface area contributed by atoms with E-state index >= 15 is 0 Å². The van der Waals surface area contributed by atoms with E-state index in [0.717, 1.165) is 7.11 Å². The lowest BCUT2D eigenvalue weighted by atomic mass is 10.0. The van der Waals surface area contributed by atoms with E-state index in [-0.39, 0.29) is 6.07 Å². The van der Waals surface area contributed by atoms with Crippen LogP contribution in [0.2, 0.25) is 0 Å². The van der Waals surface area contributed by atoms with Gasteiger partial charge in [0.15, 0.2) is 0 Å². The highest BCUT2D eigenvalue weighted by atomic mass is 19.4. The van der Waals surface area contributed by atoms with Crippen molar-refractivity contribution in [1.82, 2.24) is 0 Å². The molecule has 0 radical (unpaired) electrons. The number of halogens is 4. The Morgan fingerprint density at radius 1 is 1.42 bits per heavy atom. The molecule has 19 heavy (non-hydrogen) atoms. The predicted octanol–water partition coefficient (Wildman–Crippen LogP) is 2.80. The summed E-state index contributed by atoms with van der Waals surface area (Å²) in [4.78, 5) is 20.4. The maximum atomic E-state index is 13.5. The smallest absolute Gasteiger partial charge is 0.416 e. The van der Waals surface area contributed by atoms with Gasteiger partial charge in [-0.3, -0.25) is 10.1 Å². The zero-order chi connectivity index (χ0) is 14.8. The Balaban J connectivity index is 3.35. The fourth-order valence-electron chi connectivity index (χ4n) is 1.32. The topological polar surface area (TPSA) is 69.4 Å². The number of nitrogens with zero attached hydrogens (tertiary/aromatic N) is 1. The molecule has 0 amide bonds. The monoisotopic (exact) mass is 281 g/mol. The summed E-state index contributed by atoms with van der Waals surface area (Å²) in [7, 11) is 0.852. The zero-order valence-corrected chi connectivity index (χ0v) is 9.40. The first-order valence-corrected chi connectivity index (χ1v) is 4.76. The highest BCUT2D eigenvalue weighted by Gasteiger charge is 2.35. The summed E-state index contributed by atoms with van der Waals surface area (Å²) in [5, 5.41) is 10.6. The van der Waals surface area contributed by atoms with Gasteiger partial charge >= 0.3 is 12.1 Å². The number of nitro benzene ring substituents is 1. The molecule has 0 fully saturated rings. The molecule has 5 nitrogen and oxygen atoms in total. The van der Waals surface area contributed by atoms with Crippen LogP contribution in [0.5, 0.6) is 0 Å². The van der Waals surface area contributed by atoms with E-state index in [0.29, 0.717) is 12.1 Å². The van der Waals surface area contributed by atoms with Crippen LogP contribution < -0.4 is 0 Å². The van der Waals surface area contributed by atoms with Crippen molar-refractivity contribution in [2.45, 2.75) is 12.3 Å². The molecule has 0 aliphatic carbocycles. The third-order valence-corrected chi connectivity index (χ3v) is 2.24. The molecule has 1 aromatic rings. The number of carbonyl (C=O) groups is 1. The lowest BCUT2D eigenvalue weighted by molar-refractivity contribution is -0.386. The Morgan fingerprint density at radius 2 is 2.00 bits per heavy atom. The van der Waals surface area contributed by atoms with Crippen LogP contribution in [0.4, 0.5) is 23.2 Å². The molecular weight excluding hydrogens is 274 g/mol. The van der Waals surface area contributed by atoms with Gasteiger partial charge in [-0.05, 0) is 12.1 Å². The summed E-state index contributed by atoms with van der Waals surface area (Å²) in [6.45, 7) is 0. The molecule has 104 valence electrons. The summed E-state index contributed by atoms with van der Waals surface area (Å²) in [6, 6.07) is 1.17. The second kappa shape index (κ2) is 5.21. The Labute approximate surface area is 103 Å². The molecule has 1 atom stereocenters. The van der Waals surface area contributed by atoms with Gasteiger partial charge in [-0.1, -0.05) is 0 Å². The minimum absolute atomic E-state index is 0.171. The first-order chi connectivity index (χ1) is 8.68. The number of hydrogen-bond donors (Lipinski definition) is 0. The average Bonchev–Trinajstić information content (AvgIpc) is 2.35. The van der Waals surface area contributed by atoms with Crippen LogP contribution >= 0.6 is 0 Å². The molecule has 0 aromatic heterocycles. The number of nitro groups is 1. The second-order valence-corrected chi connectivity index (χ2v) is 3.41. The maximum Gasteiger partial charge on any atom is 0.416 e. The van der Waals surface area contributed by atoms with Crippen molar-refractivity contribution >= 4 is 11.7 Å².